The van der Waals surface area contributed by atoms with Gasteiger partial charge in [-0.3, -0.25) is 0 Å². The predicted octanol–water partition coefficient (Wildman–Crippen LogP) is 4.20. The van der Waals surface area contributed by atoms with Crippen LogP contribution in [0.25, 0.3) is 10.6 Å². The quantitative estimate of drug-likeness (QED) is 0.680. The van der Waals surface area contributed by atoms with Crippen molar-refractivity contribution in [2.24, 2.45) is 5.92 Å². The van der Waals surface area contributed by atoms with E-state index in [0.29, 0.717) is 5.92 Å². The molecule has 2 fully saturated rings. The van der Waals surface area contributed by atoms with Crippen molar-refractivity contribution >= 4 is 16.5 Å². The van der Waals surface area contributed by atoms with Gasteiger partial charge in [-0.2, -0.15) is 0 Å². The minimum absolute atomic E-state index is 0.571. The summed E-state index contributed by atoms with van der Waals surface area (Å²) in [7, 11) is 0. The second-order valence-electron chi connectivity index (χ2n) is 7.40. The van der Waals surface area contributed by atoms with E-state index in [2.05, 4.69) is 43.0 Å². The lowest BCUT2D eigenvalue weighted by Gasteiger charge is -2.31. The summed E-state index contributed by atoms with van der Waals surface area (Å²) in [6.07, 6.45) is 9.19. The largest absolute Gasteiger partial charge is 0.347 e. The Balaban J connectivity index is 1.25. The van der Waals surface area contributed by atoms with Crippen molar-refractivity contribution in [1.29, 1.82) is 0 Å². The third-order valence-corrected chi connectivity index (χ3v) is 6.50. The summed E-state index contributed by atoms with van der Waals surface area (Å²) in [5, 5.41) is 10.9. The summed E-state index contributed by atoms with van der Waals surface area (Å²) in [5.41, 5.74) is 1.15. The molecule has 26 heavy (non-hydrogen) atoms. The molecule has 0 spiro atoms. The van der Waals surface area contributed by atoms with Crippen molar-refractivity contribution < 1.29 is 0 Å². The fourth-order valence-electron chi connectivity index (χ4n) is 3.78. The van der Waals surface area contributed by atoms with Crippen LogP contribution in [0.15, 0.2) is 42.7 Å². The van der Waals surface area contributed by atoms with Crippen LogP contribution in [0.3, 0.4) is 0 Å². The van der Waals surface area contributed by atoms with Crippen LogP contribution >= 0.6 is 11.3 Å². The number of hydrogen-bond donors (Lipinski definition) is 0. The molecule has 0 unspecified atom stereocenters. The second-order valence-corrected chi connectivity index (χ2v) is 8.35. The Labute approximate surface area is 157 Å². The van der Waals surface area contributed by atoms with E-state index in [1.54, 1.807) is 11.3 Å². The molecule has 3 aromatic rings. The highest BCUT2D eigenvalue weighted by Gasteiger charge is 2.28. The first-order valence-electron chi connectivity index (χ1n) is 9.52. The molecule has 5 rings (SSSR count). The van der Waals surface area contributed by atoms with E-state index in [9.17, 15) is 0 Å². The molecule has 1 aliphatic carbocycles. The third kappa shape index (κ3) is 3.26. The van der Waals surface area contributed by atoms with Crippen molar-refractivity contribution in [3.05, 3.63) is 48.5 Å². The topological polar surface area (TPSA) is 46.8 Å². The van der Waals surface area contributed by atoms with E-state index in [0.717, 1.165) is 54.1 Å². The molecule has 1 aromatic carbocycles. The minimum Gasteiger partial charge on any atom is -0.347 e. The lowest BCUT2D eigenvalue weighted by atomic mass is 9.96. The molecule has 2 aliphatic rings. The Hall–Kier alpha value is -2.21. The molecule has 1 saturated heterocycles. The van der Waals surface area contributed by atoms with E-state index in [-0.39, 0.29) is 0 Å². The van der Waals surface area contributed by atoms with Gasteiger partial charge in [0.2, 0.25) is 5.13 Å². The normalized spacial score (nSPS) is 18.4. The Bertz CT molecular complexity index is 859. The Kier molecular flexibility index (Phi) is 4.21. The van der Waals surface area contributed by atoms with Crippen LogP contribution in [0.2, 0.25) is 0 Å². The summed E-state index contributed by atoms with van der Waals surface area (Å²) >= 11 is 1.69. The number of aromatic nitrogens is 4. The molecule has 5 nitrogen and oxygen atoms in total. The molecule has 0 radical (unpaired) electrons. The van der Waals surface area contributed by atoms with Gasteiger partial charge in [0.25, 0.3) is 0 Å². The molecule has 1 saturated carbocycles. The highest BCUT2D eigenvalue weighted by molar-refractivity contribution is 7.18. The van der Waals surface area contributed by atoms with E-state index in [1.165, 1.54) is 18.7 Å². The van der Waals surface area contributed by atoms with Gasteiger partial charge < -0.3 is 9.47 Å². The molecule has 1 aliphatic heterocycles. The maximum Gasteiger partial charge on any atom is 0.208 e. The number of piperidine rings is 1. The van der Waals surface area contributed by atoms with E-state index >= 15 is 0 Å². The SMILES string of the molecule is c1ccc(-c2nnc(N3CCC(c4nccn4CC4CC4)CC3)s2)cc1. The first-order valence-corrected chi connectivity index (χ1v) is 10.3. The van der Waals surface area contributed by atoms with E-state index in [1.807, 2.05) is 24.4 Å². The Morgan fingerprint density at radius 1 is 1.00 bits per heavy atom. The van der Waals surface area contributed by atoms with E-state index in [4.69, 9.17) is 0 Å². The van der Waals surface area contributed by atoms with E-state index < -0.39 is 0 Å². The highest BCUT2D eigenvalue weighted by atomic mass is 32.1. The number of hydrogen-bond acceptors (Lipinski definition) is 5. The zero-order valence-electron chi connectivity index (χ0n) is 14.8. The lowest BCUT2D eigenvalue weighted by molar-refractivity contribution is 0.457. The van der Waals surface area contributed by atoms with Crippen molar-refractivity contribution in [1.82, 2.24) is 19.7 Å². The Morgan fingerprint density at radius 2 is 1.81 bits per heavy atom. The zero-order chi connectivity index (χ0) is 17.3. The standard InChI is InChI=1S/C20H23N5S/c1-2-4-17(5-3-1)19-22-23-20(26-19)24-11-8-16(9-12-24)18-21-10-13-25(18)14-15-6-7-15/h1-5,10,13,15-16H,6-9,11-12,14H2. The van der Waals surface area contributed by atoms with Gasteiger partial charge in [0, 0.05) is 43.5 Å². The molecule has 0 bridgehead atoms. The first kappa shape index (κ1) is 16.0. The van der Waals surface area contributed by atoms with Gasteiger partial charge in [-0.05, 0) is 31.6 Å². The molecule has 134 valence electrons. The van der Waals surface area contributed by atoms with Gasteiger partial charge in [0.05, 0.1) is 0 Å². The highest BCUT2D eigenvalue weighted by Crippen LogP contribution is 2.35. The zero-order valence-corrected chi connectivity index (χ0v) is 15.6. The smallest absolute Gasteiger partial charge is 0.208 e. The van der Waals surface area contributed by atoms with Crippen molar-refractivity contribution in [3.63, 3.8) is 0 Å². The molecular formula is C20H23N5S. The fraction of sp³-hybridized carbons (Fsp3) is 0.450. The first-order chi connectivity index (χ1) is 12.9. The summed E-state index contributed by atoms with van der Waals surface area (Å²) in [5.74, 6) is 2.75. The van der Waals surface area contributed by atoms with Gasteiger partial charge in [-0.15, -0.1) is 10.2 Å². The average Bonchev–Trinajstić information content (AvgIpc) is 3.18. The molecule has 0 atom stereocenters. The maximum atomic E-state index is 4.68. The monoisotopic (exact) mass is 365 g/mol. The lowest BCUT2D eigenvalue weighted by Crippen LogP contribution is -2.33. The summed E-state index contributed by atoms with van der Waals surface area (Å²) in [4.78, 5) is 7.07. The third-order valence-electron chi connectivity index (χ3n) is 5.47. The number of imidazole rings is 1. The van der Waals surface area contributed by atoms with Crippen LogP contribution in [0.5, 0.6) is 0 Å². The van der Waals surface area contributed by atoms with Crippen LogP contribution in [-0.2, 0) is 6.54 Å². The van der Waals surface area contributed by atoms with Crippen LogP contribution < -0.4 is 4.90 Å². The maximum absolute atomic E-state index is 4.68. The number of rotatable bonds is 5. The average molecular weight is 366 g/mol. The molecular weight excluding hydrogens is 342 g/mol. The molecule has 0 N–H and O–H groups in total. The van der Waals surface area contributed by atoms with Crippen LogP contribution in [0.1, 0.15) is 37.4 Å². The van der Waals surface area contributed by atoms with Crippen molar-refractivity contribution in [2.75, 3.05) is 18.0 Å². The number of benzene rings is 1. The second kappa shape index (κ2) is 6.83. The van der Waals surface area contributed by atoms with Crippen molar-refractivity contribution in [2.45, 2.75) is 38.1 Å². The summed E-state index contributed by atoms with van der Waals surface area (Å²) in [6.45, 7) is 3.22. The fourth-order valence-corrected chi connectivity index (χ4v) is 4.69. The Morgan fingerprint density at radius 3 is 2.58 bits per heavy atom. The van der Waals surface area contributed by atoms with Gasteiger partial charge in [-0.1, -0.05) is 41.7 Å². The summed E-state index contributed by atoms with van der Waals surface area (Å²) in [6, 6.07) is 10.3. The number of anilines is 1. The molecule has 2 aromatic heterocycles. The predicted molar refractivity (Wildman–Crippen MR) is 104 cm³/mol. The van der Waals surface area contributed by atoms with Crippen LogP contribution in [0.4, 0.5) is 5.13 Å². The van der Waals surface area contributed by atoms with Crippen LogP contribution in [0, 0.1) is 5.92 Å². The minimum atomic E-state index is 0.571. The molecule has 6 heteroatoms. The summed E-state index contributed by atoms with van der Waals surface area (Å²) < 4.78 is 2.40. The molecule has 0 amide bonds. The van der Waals surface area contributed by atoms with Gasteiger partial charge >= 0.3 is 0 Å². The van der Waals surface area contributed by atoms with Gasteiger partial charge in [0.15, 0.2) is 0 Å². The van der Waals surface area contributed by atoms with Crippen molar-refractivity contribution in [3.8, 4) is 10.6 Å². The van der Waals surface area contributed by atoms with Gasteiger partial charge in [-0.25, -0.2) is 4.98 Å². The van der Waals surface area contributed by atoms with Gasteiger partial charge in [0.1, 0.15) is 10.8 Å². The molecule has 3 heterocycles. The number of nitrogens with zero attached hydrogens (tertiary/aromatic N) is 5. The van der Waals surface area contributed by atoms with Crippen LogP contribution in [-0.4, -0.2) is 32.8 Å².